The number of benzene rings is 4. The summed E-state index contributed by atoms with van der Waals surface area (Å²) in [6, 6.07) is 30.6. The Morgan fingerprint density at radius 2 is 1.32 bits per heavy atom. The fraction of sp³-hybridized carbons (Fsp3) is 0. The van der Waals surface area contributed by atoms with Gasteiger partial charge in [0.1, 0.15) is 0 Å². The summed E-state index contributed by atoms with van der Waals surface area (Å²) in [7, 11) is -3.93. The Labute approximate surface area is 197 Å². The van der Waals surface area contributed by atoms with Crippen LogP contribution < -0.4 is 15.4 Å². The highest BCUT2D eigenvalue weighted by atomic mass is 32.2. The molecule has 7 nitrogen and oxygen atoms in total. The third kappa shape index (κ3) is 5.23. The van der Waals surface area contributed by atoms with Gasteiger partial charge in [0, 0.05) is 5.56 Å². The van der Waals surface area contributed by atoms with Crippen molar-refractivity contribution in [1.82, 2.24) is 0 Å². The molecule has 0 fully saturated rings. The first-order valence-corrected chi connectivity index (χ1v) is 11.8. The van der Waals surface area contributed by atoms with Gasteiger partial charge in [0.2, 0.25) is 0 Å². The lowest BCUT2D eigenvalue weighted by Gasteiger charge is -2.16. The average molecular weight is 469 g/mol. The van der Waals surface area contributed by atoms with Gasteiger partial charge in [-0.15, -0.1) is 0 Å². The molecular formula is C26H20N4O3S. The summed E-state index contributed by atoms with van der Waals surface area (Å²) in [5, 5.41) is 14.7. The molecule has 0 unspecified atom stereocenters. The minimum absolute atomic E-state index is 0.0598. The lowest BCUT2D eigenvalue weighted by Crippen LogP contribution is -2.22. The number of nitriles is 1. The van der Waals surface area contributed by atoms with E-state index in [0.717, 1.165) is 11.1 Å². The smallest absolute Gasteiger partial charge is 0.307 e. The van der Waals surface area contributed by atoms with Gasteiger partial charge in [0.25, 0.3) is 10.0 Å². The third-order valence-electron chi connectivity index (χ3n) is 4.95. The number of anilines is 3. The number of carbonyl (C=O) groups excluding carboxylic acids is 1. The first-order valence-electron chi connectivity index (χ1n) is 10.3. The molecule has 3 N–H and O–H groups in total. The van der Waals surface area contributed by atoms with Gasteiger partial charge in [-0.25, -0.2) is 13.2 Å². The van der Waals surface area contributed by atoms with Crippen molar-refractivity contribution in [2.45, 2.75) is 4.90 Å². The minimum Gasteiger partial charge on any atom is -0.307 e. The molecule has 0 atom stereocenters. The number of amides is 2. The van der Waals surface area contributed by atoms with Gasteiger partial charge in [0.15, 0.2) is 0 Å². The van der Waals surface area contributed by atoms with Crippen molar-refractivity contribution >= 4 is 33.1 Å². The zero-order valence-corrected chi connectivity index (χ0v) is 18.7. The van der Waals surface area contributed by atoms with Crippen LogP contribution in [0.1, 0.15) is 5.56 Å². The van der Waals surface area contributed by atoms with E-state index < -0.39 is 16.1 Å². The molecule has 0 saturated carbocycles. The van der Waals surface area contributed by atoms with Crippen molar-refractivity contribution in [3.8, 4) is 17.2 Å². The zero-order chi connectivity index (χ0) is 24.0. The molecule has 0 radical (unpaired) electrons. The van der Waals surface area contributed by atoms with E-state index >= 15 is 0 Å². The van der Waals surface area contributed by atoms with E-state index in [1.807, 2.05) is 54.6 Å². The van der Waals surface area contributed by atoms with Crippen LogP contribution in [0.2, 0.25) is 0 Å². The van der Waals surface area contributed by atoms with E-state index in [1.54, 1.807) is 24.3 Å². The molecule has 34 heavy (non-hydrogen) atoms. The molecule has 0 aromatic heterocycles. The van der Waals surface area contributed by atoms with Gasteiger partial charge >= 0.3 is 6.03 Å². The highest BCUT2D eigenvalue weighted by molar-refractivity contribution is 7.92. The van der Waals surface area contributed by atoms with Gasteiger partial charge in [-0.2, -0.15) is 5.26 Å². The van der Waals surface area contributed by atoms with Crippen LogP contribution in [0.4, 0.5) is 21.9 Å². The Balaban J connectivity index is 1.59. The van der Waals surface area contributed by atoms with Gasteiger partial charge in [0.05, 0.1) is 33.6 Å². The van der Waals surface area contributed by atoms with E-state index in [1.165, 1.54) is 30.3 Å². The molecule has 4 aromatic carbocycles. The van der Waals surface area contributed by atoms with Crippen LogP contribution in [0.3, 0.4) is 0 Å². The number of carbonyl (C=O) groups is 1. The van der Waals surface area contributed by atoms with Gasteiger partial charge < -0.3 is 10.6 Å². The Bertz CT molecular complexity index is 1470. The standard InChI is InChI=1S/C26H20N4O3S/c27-18-19-15-16-24(25(17-19)30-34(32,33)21-11-5-2-6-12-21)29-26(31)28-23-14-8-7-13-22(23)20-9-3-1-4-10-20/h1-17,30H,(H2,28,29,31). The summed E-state index contributed by atoms with van der Waals surface area (Å²) in [6.07, 6.45) is 0. The number of hydrogen-bond donors (Lipinski definition) is 3. The molecule has 0 aliphatic heterocycles. The number of hydrogen-bond acceptors (Lipinski definition) is 4. The molecule has 0 bridgehead atoms. The fourth-order valence-electron chi connectivity index (χ4n) is 3.35. The lowest BCUT2D eigenvalue weighted by molar-refractivity contribution is 0.262. The van der Waals surface area contributed by atoms with Crippen LogP contribution in [0, 0.1) is 11.3 Å². The van der Waals surface area contributed by atoms with Crippen molar-refractivity contribution in [2.24, 2.45) is 0 Å². The predicted molar refractivity (Wildman–Crippen MR) is 133 cm³/mol. The van der Waals surface area contributed by atoms with E-state index in [2.05, 4.69) is 15.4 Å². The fourth-order valence-corrected chi connectivity index (χ4v) is 4.44. The van der Waals surface area contributed by atoms with Crippen molar-refractivity contribution in [1.29, 1.82) is 5.26 Å². The Hall–Kier alpha value is -4.61. The molecule has 2 amide bonds. The summed E-state index contributed by atoms with van der Waals surface area (Å²) < 4.78 is 28.1. The number of nitrogens with one attached hydrogen (secondary N) is 3. The van der Waals surface area contributed by atoms with Crippen LogP contribution >= 0.6 is 0 Å². The average Bonchev–Trinajstić information content (AvgIpc) is 2.86. The zero-order valence-electron chi connectivity index (χ0n) is 17.9. The summed E-state index contributed by atoms with van der Waals surface area (Å²) >= 11 is 0. The van der Waals surface area contributed by atoms with E-state index in [0.29, 0.717) is 5.69 Å². The molecule has 0 aliphatic rings. The first-order chi connectivity index (χ1) is 16.5. The lowest BCUT2D eigenvalue weighted by atomic mass is 10.0. The number of urea groups is 1. The van der Waals surface area contributed by atoms with Crippen molar-refractivity contribution in [3.05, 3.63) is 109 Å². The maximum Gasteiger partial charge on any atom is 0.323 e. The summed E-state index contributed by atoms with van der Waals surface area (Å²) in [5.74, 6) is 0. The molecule has 0 saturated heterocycles. The number of nitrogens with zero attached hydrogens (tertiary/aromatic N) is 1. The third-order valence-corrected chi connectivity index (χ3v) is 6.34. The van der Waals surface area contributed by atoms with E-state index in [4.69, 9.17) is 0 Å². The van der Waals surface area contributed by atoms with Crippen LogP contribution in [-0.4, -0.2) is 14.4 Å². The van der Waals surface area contributed by atoms with Crippen molar-refractivity contribution in [3.63, 3.8) is 0 Å². The van der Waals surface area contributed by atoms with Crippen LogP contribution in [0.5, 0.6) is 0 Å². The molecule has 168 valence electrons. The van der Waals surface area contributed by atoms with E-state index in [-0.39, 0.29) is 21.8 Å². The Morgan fingerprint density at radius 1 is 0.706 bits per heavy atom. The van der Waals surface area contributed by atoms with Gasteiger partial charge in [-0.1, -0.05) is 66.7 Å². The molecule has 8 heteroatoms. The molecule has 0 aliphatic carbocycles. The topological polar surface area (TPSA) is 111 Å². The Kier molecular flexibility index (Phi) is 6.57. The highest BCUT2D eigenvalue weighted by Crippen LogP contribution is 2.29. The molecule has 4 rings (SSSR count). The molecule has 0 heterocycles. The SMILES string of the molecule is N#Cc1ccc(NC(=O)Nc2ccccc2-c2ccccc2)c(NS(=O)(=O)c2ccccc2)c1. The molecule has 0 spiro atoms. The summed E-state index contributed by atoms with van der Waals surface area (Å²) in [5.41, 5.74) is 2.89. The first kappa shape index (κ1) is 22.6. The monoisotopic (exact) mass is 468 g/mol. The molecule has 4 aromatic rings. The normalized spacial score (nSPS) is 10.7. The van der Waals surface area contributed by atoms with E-state index in [9.17, 15) is 18.5 Å². The second-order valence-electron chi connectivity index (χ2n) is 7.28. The predicted octanol–water partition coefficient (Wildman–Crippen LogP) is 5.67. The van der Waals surface area contributed by atoms with Crippen LogP contribution in [0.15, 0.2) is 108 Å². The second kappa shape index (κ2) is 9.90. The van der Waals surface area contributed by atoms with Gasteiger partial charge in [-0.05, 0) is 42.0 Å². The maximum absolute atomic E-state index is 12.8. The quantitative estimate of drug-likeness (QED) is 0.338. The number of sulfonamides is 1. The second-order valence-corrected chi connectivity index (χ2v) is 8.96. The van der Waals surface area contributed by atoms with Crippen LogP contribution in [0.25, 0.3) is 11.1 Å². The molecular weight excluding hydrogens is 448 g/mol. The number of rotatable bonds is 6. The van der Waals surface area contributed by atoms with Crippen molar-refractivity contribution in [2.75, 3.05) is 15.4 Å². The summed E-state index contributed by atoms with van der Waals surface area (Å²) in [4.78, 5) is 12.9. The summed E-state index contributed by atoms with van der Waals surface area (Å²) in [6.45, 7) is 0. The largest absolute Gasteiger partial charge is 0.323 e. The highest BCUT2D eigenvalue weighted by Gasteiger charge is 2.18. The van der Waals surface area contributed by atoms with Crippen molar-refractivity contribution < 1.29 is 13.2 Å². The minimum atomic E-state index is -3.93. The maximum atomic E-state index is 12.8. The number of para-hydroxylation sites is 1. The Morgan fingerprint density at radius 3 is 2.03 bits per heavy atom. The van der Waals surface area contributed by atoms with Gasteiger partial charge in [-0.3, -0.25) is 4.72 Å². The van der Waals surface area contributed by atoms with Crippen LogP contribution in [-0.2, 0) is 10.0 Å².